The molecule has 0 unspecified atom stereocenters. The maximum Gasteiger partial charge on any atom is 0.173 e. The number of piperazine rings is 1. The summed E-state index contributed by atoms with van der Waals surface area (Å²) in [7, 11) is 0. The number of nitrogens with zero attached hydrogens (tertiary/aromatic N) is 6. The molecular formula is C25H24F2N6. The summed E-state index contributed by atoms with van der Waals surface area (Å²) in [6, 6.07) is 23.1. The molecule has 1 aromatic heterocycles. The molecule has 1 fully saturated rings. The number of halogens is 2. The van der Waals surface area contributed by atoms with E-state index in [1.807, 2.05) is 42.5 Å². The molecule has 0 spiro atoms. The van der Waals surface area contributed by atoms with E-state index < -0.39 is 0 Å². The van der Waals surface area contributed by atoms with Crippen LogP contribution in [0.2, 0.25) is 0 Å². The third kappa shape index (κ3) is 4.61. The average Bonchev–Trinajstić information content (AvgIpc) is 3.29. The largest absolute Gasteiger partial charge is 0.367 e. The monoisotopic (exact) mass is 446 g/mol. The minimum Gasteiger partial charge on any atom is -0.367 e. The molecule has 1 atom stereocenters. The molecule has 0 aliphatic carbocycles. The van der Waals surface area contributed by atoms with Gasteiger partial charge in [-0.05, 0) is 45.8 Å². The predicted octanol–water partition coefficient (Wildman–Crippen LogP) is 3.91. The Bertz CT molecular complexity index is 1190. The lowest BCUT2D eigenvalue weighted by molar-refractivity contribution is 0.201. The van der Waals surface area contributed by atoms with Crippen LogP contribution in [0.5, 0.6) is 0 Å². The molecule has 1 saturated heterocycles. The van der Waals surface area contributed by atoms with E-state index in [0.717, 1.165) is 11.1 Å². The average molecular weight is 447 g/mol. The van der Waals surface area contributed by atoms with Crippen LogP contribution >= 0.6 is 0 Å². The first-order chi connectivity index (χ1) is 16.2. The molecule has 3 aromatic carbocycles. The second kappa shape index (κ2) is 9.46. The van der Waals surface area contributed by atoms with Gasteiger partial charge in [-0.15, -0.1) is 5.10 Å². The molecule has 0 bridgehead atoms. The van der Waals surface area contributed by atoms with Crippen LogP contribution in [-0.2, 0) is 6.54 Å². The Hall–Kier alpha value is -3.65. The van der Waals surface area contributed by atoms with Crippen LogP contribution in [-0.4, -0.2) is 51.3 Å². The number of benzene rings is 3. The lowest BCUT2D eigenvalue weighted by Crippen LogP contribution is -2.48. The predicted molar refractivity (Wildman–Crippen MR) is 122 cm³/mol. The summed E-state index contributed by atoms with van der Waals surface area (Å²) in [5.41, 5.74) is 2.62. The number of aromatic nitrogens is 4. The SMILES string of the molecule is Fc1ccc([C@H](c2nnnn2Cc2ccccc2)N2CCN(c3ccccc3F)CC2)cc1. The second-order valence-electron chi connectivity index (χ2n) is 8.11. The van der Waals surface area contributed by atoms with Crippen LogP contribution in [0.4, 0.5) is 14.5 Å². The molecule has 0 saturated carbocycles. The van der Waals surface area contributed by atoms with Gasteiger partial charge >= 0.3 is 0 Å². The van der Waals surface area contributed by atoms with E-state index in [1.54, 1.807) is 22.9 Å². The number of tetrazole rings is 1. The molecule has 33 heavy (non-hydrogen) atoms. The van der Waals surface area contributed by atoms with Gasteiger partial charge in [0.05, 0.1) is 18.3 Å². The summed E-state index contributed by atoms with van der Waals surface area (Å²) < 4.78 is 29.8. The van der Waals surface area contributed by atoms with Gasteiger partial charge in [0.25, 0.3) is 0 Å². The molecule has 168 valence electrons. The van der Waals surface area contributed by atoms with Crippen molar-refractivity contribution in [3.05, 3.63) is 107 Å². The first-order valence-corrected chi connectivity index (χ1v) is 11.0. The first kappa shape index (κ1) is 21.2. The van der Waals surface area contributed by atoms with Crippen molar-refractivity contribution < 1.29 is 8.78 Å². The molecule has 0 radical (unpaired) electrons. The van der Waals surface area contributed by atoms with Gasteiger partial charge in [-0.3, -0.25) is 4.90 Å². The molecule has 0 amide bonds. The maximum atomic E-state index is 14.3. The van der Waals surface area contributed by atoms with Crippen LogP contribution in [0.3, 0.4) is 0 Å². The number of anilines is 1. The van der Waals surface area contributed by atoms with E-state index in [2.05, 4.69) is 25.3 Å². The molecule has 6 nitrogen and oxygen atoms in total. The zero-order chi connectivity index (χ0) is 22.6. The highest BCUT2D eigenvalue weighted by Gasteiger charge is 2.31. The van der Waals surface area contributed by atoms with Crippen molar-refractivity contribution in [3.8, 4) is 0 Å². The molecule has 1 aliphatic rings. The van der Waals surface area contributed by atoms with Crippen molar-refractivity contribution in [2.24, 2.45) is 0 Å². The molecule has 2 heterocycles. The summed E-state index contributed by atoms with van der Waals surface area (Å²) >= 11 is 0. The fourth-order valence-corrected chi connectivity index (χ4v) is 4.37. The van der Waals surface area contributed by atoms with Crippen molar-refractivity contribution in [2.75, 3.05) is 31.1 Å². The van der Waals surface area contributed by atoms with Crippen LogP contribution in [0.1, 0.15) is 23.0 Å². The molecule has 4 aromatic rings. The van der Waals surface area contributed by atoms with Crippen molar-refractivity contribution in [1.82, 2.24) is 25.1 Å². The van der Waals surface area contributed by atoms with E-state index in [-0.39, 0.29) is 17.7 Å². The lowest BCUT2D eigenvalue weighted by atomic mass is 10.0. The van der Waals surface area contributed by atoms with Crippen molar-refractivity contribution in [2.45, 2.75) is 12.6 Å². The minimum atomic E-state index is -0.286. The molecule has 5 rings (SSSR count). The Morgan fingerprint density at radius 2 is 1.48 bits per heavy atom. The van der Waals surface area contributed by atoms with Gasteiger partial charge in [0.2, 0.25) is 0 Å². The van der Waals surface area contributed by atoms with E-state index >= 15 is 0 Å². The first-order valence-electron chi connectivity index (χ1n) is 11.0. The highest BCUT2D eigenvalue weighted by atomic mass is 19.1. The Morgan fingerprint density at radius 3 is 2.21 bits per heavy atom. The van der Waals surface area contributed by atoms with Crippen molar-refractivity contribution >= 4 is 5.69 Å². The van der Waals surface area contributed by atoms with Crippen molar-refractivity contribution in [1.29, 1.82) is 0 Å². The topological polar surface area (TPSA) is 50.1 Å². The van der Waals surface area contributed by atoms with E-state index in [4.69, 9.17) is 0 Å². The normalized spacial score (nSPS) is 15.5. The highest BCUT2D eigenvalue weighted by Crippen LogP contribution is 2.30. The van der Waals surface area contributed by atoms with Crippen molar-refractivity contribution in [3.63, 3.8) is 0 Å². The third-order valence-electron chi connectivity index (χ3n) is 6.04. The lowest BCUT2D eigenvalue weighted by Gasteiger charge is -2.40. The summed E-state index contributed by atoms with van der Waals surface area (Å²) in [4.78, 5) is 4.33. The number of rotatable bonds is 6. The molecule has 0 N–H and O–H groups in total. The zero-order valence-electron chi connectivity index (χ0n) is 18.1. The van der Waals surface area contributed by atoms with Gasteiger partial charge in [0.1, 0.15) is 11.6 Å². The summed E-state index contributed by atoms with van der Waals surface area (Å²) in [5, 5.41) is 12.6. The molecule has 1 aliphatic heterocycles. The van der Waals surface area contributed by atoms with E-state index in [9.17, 15) is 8.78 Å². The molecular weight excluding hydrogens is 422 g/mol. The molecule has 8 heteroatoms. The Balaban J connectivity index is 1.43. The maximum absolute atomic E-state index is 14.3. The van der Waals surface area contributed by atoms with Crippen LogP contribution in [0.15, 0.2) is 78.9 Å². The highest BCUT2D eigenvalue weighted by molar-refractivity contribution is 5.48. The number of hydrogen-bond acceptors (Lipinski definition) is 5. The standard InChI is InChI=1S/C25H24F2N6/c26-21-12-10-20(11-13-21)24(25-28-29-30-33(25)18-19-6-2-1-3-7-19)32-16-14-31(15-17-32)23-9-5-4-8-22(23)27/h1-13,24H,14-18H2/t24-/m1/s1. The van der Waals surface area contributed by atoms with Gasteiger partial charge < -0.3 is 4.90 Å². The van der Waals surface area contributed by atoms with Gasteiger partial charge in [-0.25, -0.2) is 13.5 Å². The van der Waals surface area contributed by atoms with Crippen LogP contribution in [0, 0.1) is 11.6 Å². The Labute approximate surface area is 191 Å². The smallest absolute Gasteiger partial charge is 0.173 e. The summed E-state index contributed by atoms with van der Waals surface area (Å²) in [5.74, 6) is 0.198. The van der Waals surface area contributed by atoms with E-state index in [1.165, 1.54) is 18.2 Å². The Morgan fingerprint density at radius 1 is 0.788 bits per heavy atom. The minimum absolute atomic E-state index is 0.215. The zero-order valence-corrected chi connectivity index (χ0v) is 18.1. The number of hydrogen-bond donors (Lipinski definition) is 0. The van der Waals surface area contributed by atoms with Gasteiger partial charge in [-0.1, -0.05) is 54.6 Å². The van der Waals surface area contributed by atoms with Crippen LogP contribution < -0.4 is 4.90 Å². The fraction of sp³-hybridized carbons (Fsp3) is 0.240. The van der Waals surface area contributed by atoms with Crippen LogP contribution in [0.25, 0.3) is 0 Å². The van der Waals surface area contributed by atoms with Gasteiger partial charge in [0, 0.05) is 26.2 Å². The number of para-hydroxylation sites is 1. The van der Waals surface area contributed by atoms with Gasteiger partial charge in [0.15, 0.2) is 5.82 Å². The third-order valence-corrected chi connectivity index (χ3v) is 6.04. The van der Waals surface area contributed by atoms with E-state index in [0.29, 0.717) is 44.2 Å². The Kier molecular flexibility index (Phi) is 6.08. The summed E-state index contributed by atoms with van der Waals surface area (Å²) in [6.07, 6.45) is 0. The summed E-state index contributed by atoms with van der Waals surface area (Å²) in [6.45, 7) is 3.25. The fourth-order valence-electron chi connectivity index (χ4n) is 4.37. The quantitative estimate of drug-likeness (QED) is 0.450. The second-order valence-corrected chi connectivity index (χ2v) is 8.11. The van der Waals surface area contributed by atoms with Gasteiger partial charge in [-0.2, -0.15) is 0 Å².